The van der Waals surface area contributed by atoms with E-state index in [1.165, 1.54) is 14.2 Å². The first kappa shape index (κ1) is 18.6. The van der Waals surface area contributed by atoms with Gasteiger partial charge in [0.15, 0.2) is 0 Å². The third kappa shape index (κ3) is 4.30. The van der Waals surface area contributed by atoms with Crippen LogP contribution in [0, 0.1) is 0 Å². The van der Waals surface area contributed by atoms with Crippen molar-refractivity contribution in [1.82, 2.24) is 8.61 Å². The number of nitrogens with one attached hydrogen (secondary N) is 1. The zero-order valence-electron chi connectivity index (χ0n) is 14.8. The Balaban J connectivity index is 1.60. The summed E-state index contributed by atoms with van der Waals surface area (Å²) in [6.45, 7) is 2.91. The molecule has 1 aliphatic heterocycles. The first-order valence-electron chi connectivity index (χ1n) is 8.67. The Morgan fingerprint density at radius 3 is 2.27 bits per heavy atom. The lowest BCUT2D eigenvalue weighted by atomic mass is 10.1. The van der Waals surface area contributed by atoms with E-state index in [9.17, 15) is 13.2 Å². The van der Waals surface area contributed by atoms with E-state index < -0.39 is 10.2 Å². The molecule has 0 saturated carbocycles. The summed E-state index contributed by atoms with van der Waals surface area (Å²) in [6, 6.07) is 17.0. The predicted octanol–water partition coefficient (Wildman–Crippen LogP) is 2.25. The average molecular weight is 373 g/mol. The van der Waals surface area contributed by atoms with Gasteiger partial charge in [0.1, 0.15) is 0 Å². The van der Waals surface area contributed by atoms with Gasteiger partial charge in [0.2, 0.25) is 5.91 Å². The van der Waals surface area contributed by atoms with Gasteiger partial charge in [0.25, 0.3) is 10.2 Å². The highest BCUT2D eigenvalue weighted by atomic mass is 32.2. The fraction of sp³-hybridized carbons (Fsp3) is 0.316. The maximum atomic E-state index is 12.6. The molecule has 1 aliphatic rings. The molecule has 0 radical (unpaired) electrons. The van der Waals surface area contributed by atoms with Crippen molar-refractivity contribution < 1.29 is 13.2 Å². The Labute approximate surface area is 154 Å². The minimum Gasteiger partial charge on any atom is -0.325 e. The second-order valence-electron chi connectivity index (χ2n) is 6.26. The van der Waals surface area contributed by atoms with E-state index in [1.54, 1.807) is 0 Å². The van der Waals surface area contributed by atoms with Crippen LogP contribution >= 0.6 is 0 Å². The van der Waals surface area contributed by atoms with E-state index in [-0.39, 0.29) is 12.5 Å². The van der Waals surface area contributed by atoms with Gasteiger partial charge >= 0.3 is 0 Å². The summed E-state index contributed by atoms with van der Waals surface area (Å²) in [5, 5.41) is 2.76. The van der Waals surface area contributed by atoms with Crippen LogP contribution in [0.5, 0.6) is 0 Å². The standard InChI is InChI=1S/C19H23N3O3S/c1-2-16-8-10-18(11-9-16)20-19(23)15-22-13-12-21(26(22,24)25)14-17-6-4-3-5-7-17/h3-11H,2,12-15H2,1H3,(H,20,23). The Morgan fingerprint density at radius 1 is 0.962 bits per heavy atom. The van der Waals surface area contributed by atoms with Gasteiger partial charge in [0, 0.05) is 25.3 Å². The molecule has 0 aromatic heterocycles. The largest absolute Gasteiger partial charge is 0.325 e. The van der Waals surface area contributed by atoms with Gasteiger partial charge in [-0.1, -0.05) is 49.4 Å². The third-order valence-electron chi connectivity index (χ3n) is 4.42. The second-order valence-corrected chi connectivity index (χ2v) is 8.19. The summed E-state index contributed by atoms with van der Waals surface area (Å²) in [6.07, 6.45) is 0.928. The molecule has 0 spiro atoms. The predicted molar refractivity (Wildman–Crippen MR) is 102 cm³/mol. The zero-order valence-corrected chi connectivity index (χ0v) is 15.6. The van der Waals surface area contributed by atoms with Crippen LogP contribution in [0.15, 0.2) is 54.6 Å². The second kappa shape index (κ2) is 7.99. The van der Waals surface area contributed by atoms with Crippen LogP contribution in [-0.4, -0.2) is 42.6 Å². The summed E-state index contributed by atoms with van der Waals surface area (Å²) in [5.41, 5.74) is 2.78. The number of anilines is 1. The highest BCUT2D eigenvalue weighted by Gasteiger charge is 2.37. The summed E-state index contributed by atoms with van der Waals surface area (Å²) in [4.78, 5) is 12.2. The topological polar surface area (TPSA) is 69.7 Å². The zero-order chi connectivity index (χ0) is 18.6. The van der Waals surface area contributed by atoms with Crippen LogP contribution in [0.2, 0.25) is 0 Å². The number of hydrogen-bond donors (Lipinski definition) is 1. The fourth-order valence-electron chi connectivity index (χ4n) is 2.91. The fourth-order valence-corrected chi connectivity index (χ4v) is 4.45. The summed E-state index contributed by atoms with van der Waals surface area (Å²) in [5.74, 6) is -0.334. The number of aryl methyl sites for hydroxylation is 1. The summed E-state index contributed by atoms with van der Waals surface area (Å²) in [7, 11) is -3.62. The molecule has 138 valence electrons. The van der Waals surface area contributed by atoms with Crippen LogP contribution in [0.25, 0.3) is 0 Å². The van der Waals surface area contributed by atoms with Crippen LogP contribution in [0.4, 0.5) is 5.69 Å². The molecule has 2 aromatic rings. The van der Waals surface area contributed by atoms with Crippen LogP contribution in [0.1, 0.15) is 18.1 Å². The van der Waals surface area contributed by atoms with Crippen molar-refractivity contribution in [3.8, 4) is 0 Å². The molecule has 0 bridgehead atoms. The number of rotatable bonds is 6. The Morgan fingerprint density at radius 2 is 1.62 bits per heavy atom. The maximum Gasteiger partial charge on any atom is 0.282 e. The van der Waals surface area contributed by atoms with Gasteiger partial charge < -0.3 is 5.32 Å². The van der Waals surface area contributed by atoms with Crippen molar-refractivity contribution in [3.63, 3.8) is 0 Å². The lowest BCUT2D eigenvalue weighted by Crippen LogP contribution is -2.37. The molecular weight excluding hydrogens is 350 g/mol. The van der Waals surface area contributed by atoms with Gasteiger partial charge in [-0.25, -0.2) is 0 Å². The quantitative estimate of drug-likeness (QED) is 0.844. The molecule has 7 heteroatoms. The average Bonchev–Trinajstić information content (AvgIpc) is 2.91. The molecule has 0 atom stereocenters. The first-order chi connectivity index (χ1) is 12.5. The minimum atomic E-state index is -3.62. The van der Waals surface area contributed by atoms with Crippen molar-refractivity contribution >= 4 is 21.8 Å². The van der Waals surface area contributed by atoms with E-state index in [2.05, 4.69) is 12.2 Å². The van der Waals surface area contributed by atoms with E-state index in [0.717, 1.165) is 12.0 Å². The number of amides is 1. The SMILES string of the molecule is CCc1ccc(NC(=O)CN2CCN(Cc3ccccc3)S2(=O)=O)cc1. The highest BCUT2D eigenvalue weighted by Crippen LogP contribution is 2.19. The van der Waals surface area contributed by atoms with Gasteiger partial charge in [-0.15, -0.1) is 0 Å². The lowest BCUT2D eigenvalue weighted by molar-refractivity contribution is -0.116. The molecule has 1 saturated heterocycles. The van der Waals surface area contributed by atoms with Crippen LogP contribution in [0.3, 0.4) is 0 Å². The molecule has 1 heterocycles. The molecular formula is C19H23N3O3S. The Kier molecular flexibility index (Phi) is 5.70. The first-order valence-corrected chi connectivity index (χ1v) is 10.1. The normalized spacial score (nSPS) is 17.3. The number of hydrogen-bond acceptors (Lipinski definition) is 3. The van der Waals surface area contributed by atoms with Gasteiger partial charge in [-0.2, -0.15) is 17.0 Å². The smallest absolute Gasteiger partial charge is 0.282 e. The number of carbonyl (C=O) groups excluding carboxylic acids is 1. The van der Waals surface area contributed by atoms with Crippen LogP contribution < -0.4 is 5.32 Å². The van der Waals surface area contributed by atoms with Crippen molar-refractivity contribution in [3.05, 3.63) is 65.7 Å². The summed E-state index contributed by atoms with van der Waals surface area (Å²) >= 11 is 0. The highest BCUT2D eigenvalue weighted by molar-refractivity contribution is 7.87. The van der Waals surface area contributed by atoms with Crippen molar-refractivity contribution in [1.29, 1.82) is 0 Å². The minimum absolute atomic E-state index is 0.177. The monoisotopic (exact) mass is 373 g/mol. The van der Waals surface area contributed by atoms with Crippen molar-refractivity contribution in [2.45, 2.75) is 19.9 Å². The summed E-state index contributed by atoms with van der Waals surface area (Å²) < 4.78 is 27.9. The number of carbonyl (C=O) groups is 1. The van der Waals surface area contributed by atoms with Crippen molar-refractivity contribution in [2.75, 3.05) is 25.0 Å². The van der Waals surface area contributed by atoms with E-state index in [0.29, 0.717) is 25.3 Å². The Bertz CT molecular complexity index is 851. The van der Waals surface area contributed by atoms with Gasteiger partial charge in [-0.05, 0) is 29.7 Å². The molecule has 1 N–H and O–H groups in total. The van der Waals surface area contributed by atoms with E-state index in [1.807, 2.05) is 54.6 Å². The third-order valence-corrected chi connectivity index (χ3v) is 6.35. The Hall–Kier alpha value is -2.22. The molecule has 26 heavy (non-hydrogen) atoms. The molecule has 6 nitrogen and oxygen atoms in total. The van der Waals surface area contributed by atoms with E-state index in [4.69, 9.17) is 0 Å². The molecule has 1 amide bonds. The van der Waals surface area contributed by atoms with Crippen molar-refractivity contribution in [2.24, 2.45) is 0 Å². The van der Waals surface area contributed by atoms with Crippen LogP contribution in [-0.2, 0) is 28.0 Å². The van der Waals surface area contributed by atoms with Gasteiger partial charge in [0.05, 0.1) is 6.54 Å². The molecule has 1 fully saturated rings. The molecule has 0 aliphatic carbocycles. The molecule has 2 aromatic carbocycles. The van der Waals surface area contributed by atoms with E-state index >= 15 is 0 Å². The van der Waals surface area contributed by atoms with Gasteiger partial charge in [-0.3, -0.25) is 4.79 Å². The lowest BCUT2D eigenvalue weighted by Gasteiger charge is -2.18. The molecule has 0 unspecified atom stereocenters. The maximum absolute atomic E-state index is 12.6. The number of nitrogens with zero attached hydrogens (tertiary/aromatic N) is 2. The molecule has 3 rings (SSSR count). The number of benzene rings is 2.